The zero-order valence-corrected chi connectivity index (χ0v) is 15.2. The molecule has 14 heteroatoms. The maximum Gasteiger partial charge on any atom is 0.416 e. The molecule has 29 heavy (non-hydrogen) atoms. The number of anilines is 1. The van der Waals surface area contributed by atoms with Crippen molar-refractivity contribution in [1.82, 2.24) is 0 Å². The molecule has 0 radical (unpaired) electrons. The number of nitrogens with one attached hydrogen (secondary N) is 1. The maximum absolute atomic E-state index is 12.9. The molecule has 1 N–H and O–H groups in total. The molecular weight excluding hydrogens is 455 g/mol. The standard InChI is InChI=1S/C15H9ClF6NO5P/c16-9-1-2-12(28-29(25,26)27)11(6-9)13(24)23-10-4-7(14(17,18)19)3-8(5-10)15(20,21)22/h1-6H,(H,23,24)(H2,25,26,27)/p-2. The Morgan fingerprint density at radius 1 is 0.966 bits per heavy atom. The van der Waals surface area contributed by atoms with Crippen LogP contribution in [0, 0.1) is 0 Å². The second-order valence-corrected chi connectivity index (χ2v) is 6.94. The highest BCUT2D eigenvalue weighted by Gasteiger charge is 2.37. The van der Waals surface area contributed by atoms with Crippen molar-refractivity contribution in [1.29, 1.82) is 0 Å². The second-order valence-electron chi connectivity index (χ2n) is 5.43. The van der Waals surface area contributed by atoms with Crippen LogP contribution in [-0.2, 0) is 16.9 Å². The number of amides is 1. The zero-order valence-electron chi connectivity index (χ0n) is 13.6. The Morgan fingerprint density at radius 2 is 1.48 bits per heavy atom. The van der Waals surface area contributed by atoms with Crippen molar-refractivity contribution in [2.45, 2.75) is 12.4 Å². The summed E-state index contributed by atoms with van der Waals surface area (Å²) in [5.74, 6) is -2.19. The van der Waals surface area contributed by atoms with Crippen LogP contribution in [0.15, 0.2) is 36.4 Å². The normalized spacial score (nSPS) is 12.6. The van der Waals surface area contributed by atoms with E-state index in [-0.39, 0.29) is 23.2 Å². The van der Waals surface area contributed by atoms with E-state index in [0.717, 1.165) is 18.2 Å². The number of phosphoric acid groups is 1. The monoisotopic (exact) mass is 461 g/mol. The van der Waals surface area contributed by atoms with E-state index >= 15 is 0 Å². The van der Waals surface area contributed by atoms with Gasteiger partial charge < -0.3 is 24.2 Å². The molecular formula is C15H7ClF6NO5P-2. The molecule has 6 nitrogen and oxygen atoms in total. The summed E-state index contributed by atoms with van der Waals surface area (Å²) in [4.78, 5) is 33.8. The molecule has 0 atom stereocenters. The molecule has 0 saturated carbocycles. The van der Waals surface area contributed by atoms with E-state index in [2.05, 4.69) is 4.52 Å². The minimum atomic E-state index is -5.63. The van der Waals surface area contributed by atoms with Crippen molar-refractivity contribution < 1.29 is 50.0 Å². The number of hydrogen-bond acceptors (Lipinski definition) is 5. The Balaban J connectivity index is 2.48. The van der Waals surface area contributed by atoms with Gasteiger partial charge in [0.2, 0.25) is 0 Å². The minimum absolute atomic E-state index is 0.144. The van der Waals surface area contributed by atoms with Crippen molar-refractivity contribution in [3.05, 3.63) is 58.1 Å². The van der Waals surface area contributed by atoms with Gasteiger partial charge in [0.25, 0.3) is 5.91 Å². The summed E-state index contributed by atoms with van der Waals surface area (Å²) in [6.45, 7) is 0. The number of carbonyl (C=O) groups is 1. The average molecular weight is 462 g/mol. The van der Waals surface area contributed by atoms with E-state index in [4.69, 9.17) is 11.6 Å². The quantitative estimate of drug-likeness (QED) is 0.551. The molecule has 2 aromatic carbocycles. The summed E-state index contributed by atoms with van der Waals surface area (Å²) in [5, 5.41) is 1.61. The van der Waals surface area contributed by atoms with Gasteiger partial charge in [-0.2, -0.15) is 26.3 Å². The first-order chi connectivity index (χ1) is 13.1. The molecule has 0 aliphatic carbocycles. The first-order valence-corrected chi connectivity index (χ1v) is 9.02. The summed E-state index contributed by atoms with van der Waals surface area (Å²) in [7, 11) is -5.63. The van der Waals surface area contributed by atoms with Gasteiger partial charge in [-0.3, -0.25) is 4.79 Å². The highest BCUT2D eigenvalue weighted by molar-refractivity contribution is 7.43. The van der Waals surface area contributed by atoms with Crippen molar-refractivity contribution in [3.63, 3.8) is 0 Å². The molecule has 2 aromatic rings. The number of carbonyl (C=O) groups excluding carboxylic acids is 1. The molecule has 0 aliphatic heterocycles. The number of rotatable bonds is 4. The van der Waals surface area contributed by atoms with Gasteiger partial charge in [0.05, 0.1) is 16.7 Å². The molecule has 2 rings (SSSR count). The summed E-state index contributed by atoms with van der Waals surface area (Å²) < 4.78 is 92.1. The molecule has 0 bridgehead atoms. The Morgan fingerprint density at radius 3 is 1.93 bits per heavy atom. The number of benzene rings is 2. The number of phosphoric ester groups is 1. The smallest absolute Gasteiger partial charge is 0.416 e. The summed E-state index contributed by atoms with van der Waals surface area (Å²) in [6.07, 6.45) is -10.3. The number of halogens is 7. The molecule has 0 aliphatic rings. The lowest BCUT2D eigenvalue weighted by Crippen LogP contribution is -2.21. The summed E-state index contributed by atoms with van der Waals surface area (Å²) in [5.41, 5.74) is -4.98. The Bertz CT molecular complexity index is 956. The summed E-state index contributed by atoms with van der Waals surface area (Å²) >= 11 is 5.65. The zero-order chi connectivity index (χ0) is 22.2. The van der Waals surface area contributed by atoms with Crippen LogP contribution in [0.2, 0.25) is 5.02 Å². The fourth-order valence-corrected chi connectivity index (χ4v) is 2.68. The third-order valence-electron chi connectivity index (χ3n) is 3.24. The number of alkyl halides is 6. The van der Waals surface area contributed by atoms with Crippen LogP contribution in [0.25, 0.3) is 0 Å². The largest absolute Gasteiger partial charge is 0.780 e. The van der Waals surface area contributed by atoms with Gasteiger partial charge in [-0.1, -0.05) is 11.6 Å². The first kappa shape index (κ1) is 23.0. The molecule has 0 aromatic heterocycles. The van der Waals surface area contributed by atoms with E-state index in [1.54, 1.807) is 5.32 Å². The SMILES string of the molecule is O=C(Nc1cc(C(F)(F)F)cc(C(F)(F)F)c1)c1cc(Cl)ccc1OP(=O)([O-])[O-]. The van der Waals surface area contributed by atoms with E-state index in [1.807, 2.05) is 0 Å². The topological polar surface area (TPSA) is 102 Å². The van der Waals surface area contributed by atoms with Gasteiger partial charge >= 0.3 is 12.4 Å². The number of hydrogen-bond donors (Lipinski definition) is 1. The van der Waals surface area contributed by atoms with E-state index in [9.17, 15) is 45.5 Å². The van der Waals surface area contributed by atoms with Crippen LogP contribution >= 0.6 is 19.4 Å². The van der Waals surface area contributed by atoms with Crippen molar-refractivity contribution >= 4 is 31.0 Å². The van der Waals surface area contributed by atoms with Gasteiger partial charge in [0.15, 0.2) is 0 Å². The molecule has 1 amide bonds. The van der Waals surface area contributed by atoms with Crippen LogP contribution in [0.3, 0.4) is 0 Å². The molecule has 158 valence electrons. The van der Waals surface area contributed by atoms with Gasteiger partial charge in [0.1, 0.15) is 13.6 Å². The summed E-state index contributed by atoms with van der Waals surface area (Å²) in [6, 6.07) is 2.99. The van der Waals surface area contributed by atoms with Crippen LogP contribution in [0.4, 0.5) is 32.0 Å². The van der Waals surface area contributed by atoms with Crippen LogP contribution in [0.1, 0.15) is 21.5 Å². The average Bonchev–Trinajstić information content (AvgIpc) is 2.53. The lowest BCUT2D eigenvalue weighted by molar-refractivity contribution is -0.333. The Labute approximate surface area is 163 Å². The first-order valence-electron chi connectivity index (χ1n) is 7.18. The predicted octanol–water partition coefficient (Wildman–Crippen LogP) is 3.84. The van der Waals surface area contributed by atoms with E-state index in [0.29, 0.717) is 0 Å². The Kier molecular flexibility index (Phi) is 6.24. The second kappa shape index (κ2) is 7.86. The van der Waals surface area contributed by atoms with Crippen LogP contribution in [0.5, 0.6) is 5.75 Å². The maximum atomic E-state index is 12.9. The van der Waals surface area contributed by atoms with Crippen molar-refractivity contribution in [2.24, 2.45) is 0 Å². The fraction of sp³-hybridized carbons (Fsp3) is 0.133. The highest BCUT2D eigenvalue weighted by Crippen LogP contribution is 2.38. The predicted molar refractivity (Wildman–Crippen MR) is 84.1 cm³/mol. The Hall–Kier alpha value is -2.27. The van der Waals surface area contributed by atoms with Crippen LogP contribution in [-0.4, -0.2) is 5.91 Å². The van der Waals surface area contributed by atoms with Gasteiger partial charge in [0, 0.05) is 10.7 Å². The van der Waals surface area contributed by atoms with Gasteiger partial charge in [-0.05, 0) is 36.4 Å². The molecule has 0 heterocycles. The fourth-order valence-electron chi connectivity index (χ4n) is 2.11. The van der Waals surface area contributed by atoms with Crippen molar-refractivity contribution in [3.8, 4) is 5.75 Å². The lowest BCUT2D eigenvalue weighted by Gasteiger charge is -2.29. The van der Waals surface area contributed by atoms with Gasteiger partial charge in [-0.15, -0.1) is 0 Å². The van der Waals surface area contributed by atoms with E-state index < -0.39 is 54.2 Å². The van der Waals surface area contributed by atoms with Crippen LogP contribution < -0.4 is 19.6 Å². The van der Waals surface area contributed by atoms with Crippen molar-refractivity contribution in [2.75, 3.05) is 5.32 Å². The minimum Gasteiger partial charge on any atom is -0.780 e. The molecule has 0 unspecified atom stereocenters. The molecule has 0 saturated heterocycles. The third-order valence-corrected chi connectivity index (χ3v) is 3.90. The highest BCUT2D eigenvalue weighted by atomic mass is 35.5. The third kappa shape index (κ3) is 6.36. The lowest BCUT2D eigenvalue weighted by atomic mass is 10.1. The van der Waals surface area contributed by atoms with E-state index in [1.165, 1.54) is 0 Å². The molecule has 0 fully saturated rings. The molecule has 0 spiro atoms. The van der Waals surface area contributed by atoms with Gasteiger partial charge in [-0.25, -0.2) is 0 Å².